The first-order chi connectivity index (χ1) is 15.6. The molecule has 5 rings (SSSR count). The number of aryl methyl sites for hydroxylation is 1. The van der Waals surface area contributed by atoms with E-state index in [2.05, 4.69) is 26.9 Å². The van der Waals surface area contributed by atoms with Crippen LogP contribution in [0.2, 0.25) is 0 Å². The molecule has 1 unspecified atom stereocenters. The van der Waals surface area contributed by atoms with Crippen LogP contribution in [0.1, 0.15) is 25.5 Å². The summed E-state index contributed by atoms with van der Waals surface area (Å²) in [6.07, 6.45) is 3.65. The Balaban J connectivity index is 1.61. The number of aromatic nitrogens is 6. The van der Waals surface area contributed by atoms with E-state index in [1.807, 2.05) is 40.6 Å². The molecule has 1 aromatic carbocycles. The third kappa shape index (κ3) is 3.42. The molecule has 0 bridgehead atoms. The summed E-state index contributed by atoms with van der Waals surface area (Å²) >= 11 is 0. The Bertz CT molecular complexity index is 1420. The van der Waals surface area contributed by atoms with Gasteiger partial charge in [-0.15, -0.1) is 5.92 Å². The highest BCUT2D eigenvalue weighted by Crippen LogP contribution is 2.23. The van der Waals surface area contributed by atoms with E-state index in [0.29, 0.717) is 24.1 Å². The van der Waals surface area contributed by atoms with Gasteiger partial charge in [0.15, 0.2) is 0 Å². The highest BCUT2D eigenvalue weighted by molar-refractivity contribution is 5.82. The molecule has 1 aliphatic rings. The Hall–Kier alpha value is -3.64. The molecule has 1 aliphatic heterocycles. The fourth-order valence-corrected chi connectivity index (χ4v) is 4.47. The third-order valence-electron chi connectivity index (χ3n) is 6.02. The van der Waals surface area contributed by atoms with Crippen LogP contribution in [0.15, 0.2) is 35.3 Å². The van der Waals surface area contributed by atoms with Crippen LogP contribution in [0.5, 0.6) is 0 Å². The van der Waals surface area contributed by atoms with Gasteiger partial charge in [-0.1, -0.05) is 24.1 Å². The van der Waals surface area contributed by atoms with Gasteiger partial charge < -0.3 is 10.6 Å². The first-order valence-corrected chi connectivity index (χ1v) is 10.8. The number of benzene rings is 1. The van der Waals surface area contributed by atoms with Crippen LogP contribution >= 0.6 is 0 Å². The molecule has 0 radical (unpaired) electrons. The van der Waals surface area contributed by atoms with E-state index in [9.17, 15) is 4.79 Å². The van der Waals surface area contributed by atoms with Gasteiger partial charge in [-0.2, -0.15) is 10.2 Å². The zero-order chi connectivity index (χ0) is 22.2. The van der Waals surface area contributed by atoms with E-state index in [1.165, 1.54) is 4.68 Å². The second-order valence-electron chi connectivity index (χ2n) is 8.20. The highest BCUT2D eigenvalue weighted by Gasteiger charge is 2.24. The van der Waals surface area contributed by atoms with Crippen LogP contribution in [-0.4, -0.2) is 48.2 Å². The summed E-state index contributed by atoms with van der Waals surface area (Å²) in [5, 5.41) is 10.0. The number of hydrogen-bond donors (Lipinski definition) is 1. The molecule has 3 aromatic heterocycles. The van der Waals surface area contributed by atoms with E-state index >= 15 is 0 Å². The molecule has 0 amide bonds. The van der Waals surface area contributed by atoms with Gasteiger partial charge in [0.25, 0.3) is 5.56 Å². The number of hydrogen-bond acceptors (Lipinski definition) is 6. The van der Waals surface area contributed by atoms with Crippen molar-refractivity contribution >= 4 is 27.9 Å². The second kappa shape index (κ2) is 8.13. The van der Waals surface area contributed by atoms with Crippen molar-refractivity contribution in [3.63, 3.8) is 0 Å². The molecule has 1 fully saturated rings. The molecule has 2 N–H and O–H groups in total. The first kappa shape index (κ1) is 20.3. The van der Waals surface area contributed by atoms with Gasteiger partial charge in [0.2, 0.25) is 5.95 Å². The van der Waals surface area contributed by atoms with Gasteiger partial charge >= 0.3 is 0 Å². The molecule has 0 spiro atoms. The molecular weight excluding hydrogens is 404 g/mol. The van der Waals surface area contributed by atoms with Crippen molar-refractivity contribution < 1.29 is 0 Å². The molecule has 32 heavy (non-hydrogen) atoms. The maximum absolute atomic E-state index is 13.5. The Morgan fingerprint density at radius 2 is 2.12 bits per heavy atom. The highest BCUT2D eigenvalue weighted by atomic mass is 16.1. The quantitative estimate of drug-likeness (QED) is 0.492. The van der Waals surface area contributed by atoms with Crippen molar-refractivity contribution in [3.05, 3.63) is 46.5 Å². The lowest BCUT2D eigenvalue weighted by atomic mass is 10.1. The normalized spacial score (nSPS) is 16.5. The lowest BCUT2D eigenvalue weighted by Crippen LogP contribution is -2.44. The smallest absolute Gasteiger partial charge is 0.293 e. The minimum Gasteiger partial charge on any atom is -0.341 e. The predicted molar refractivity (Wildman–Crippen MR) is 124 cm³/mol. The van der Waals surface area contributed by atoms with Gasteiger partial charge in [0, 0.05) is 31.6 Å². The van der Waals surface area contributed by atoms with Crippen LogP contribution < -0.4 is 16.2 Å². The van der Waals surface area contributed by atoms with Crippen molar-refractivity contribution in [1.29, 1.82) is 0 Å². The number of piperidine rings is 1. The molecule has 0 aliphatic carbocycles. The maximum atomic E-state index is 13.5. The molecule has 164 valence electrons. The summed E-state index contributed by atoms with van der Waals surface area (Å²) in [7, 11) is 1.90. The molecule has 4 aromatic rings. The minimum atomic E-state index is -0.199. The van der Waals surface area contributed by atoms with E-state index < -0.39 is 0 Å². The second-order valence-corrected chi connectivity index (χ2v) is 8.20. The first-order valence-electron chi connectivity index (χ1n) is 10.8. The van der Waals surface area contributed by atoms with Gasteiger partial charge in [0.05, 0.1) is 30.5 Å². The van der Waals surface area contributed by atoms with Crippen LogP contribution in [0.3, 0.4) is 0 Å². The van der Waals surface area contributed by atoms with Crippen molar-refractivity contribution in [2.24, 2.45) is 12.8 Å². The molecule has 0 saturated carbocycles. The molecule has 9 heteroatoms. The molecule has 9 nitrogen and oxygen atoms in total. The molecule has 1 saturated heterocycles. The summed E-state index contributed by atoms with van der Waals surface area (Å²) in [4.78, 5) is 20.4. The topological polar surface area (TPSA) is 99.8 Å². The maximum Gasteiger partial charge on any atom is 0.293 e. The van der Waals surface area contributed by atoms with Crippen molar-refractivity contribution in [1.82, 2.24) is 29.1 Å². The number of fused-ring (bicyclic) bond motifs is 2. The third-order valence-corrected chi connectivity index (χ3v) is 6.02. The van der Waals surface area contributed by atoms with Crippen LogP contribution in [0.4, 0.5) is 5.95 Å². The van der Waals surface area contributed by atoms with Crippen LogP contribution in [0.25, 0.3) is 21.9 Å². The predicted octanol–water partition coefficient (Wildman–Crippen LogP) is 1.48. The Morgan fingerprint density at radius 1 is 1.28 bits per heavy atom. The molecule has 4 heterocycles. The molecule has 1 atom stereocenters. The number of anilines is 1. The summed E-state index contributed by atoms with van der Waals surface area (Å²) in [6, 6.07) is 8.08. The summed E-state index contributed by atoms with van der Waals surface area (Å²) in [5.74, 6) is 6.75. The zero-order valence-electron chi connectivity index (χ0n) is 18.3. The summed E-state index contributed by atoms with van der Waals surface area (Å²) in [6.45, 7) is 4.04. The van der Waals surface area contributed by atoms with E-state index in [1.54, 1.807) is 13.1 Å². The standard InChI is InChI=1S/C23H26N8O/c1-3-4-12-30-21-18(26-23(30)29-11-7-8-16(24)14-29)13-25-31(22(21)32)15-19-17-9-5-6-10-20(17)28(2)27-19/h5-6,9-10,13,16H,7-8,11-12,14-15,24H2,1-2H3. The van der Waals surface area contributed by atoms with Crippen molar-refractivity contribution in [3.8, 4) is 11.8 Å². The average Bonchev–Trinajstić information content (AvgIpc) is 3.33. The number of nitrogens with two attached hydrogens (primary N) is 1. The summed E-state index contributed by atoms with van der Waals surface area (Å²) in [5.41, 5.74) is 8.91. The number of rotatable bonds is 4. The van der Waals surface area contributed by atoms with E-state index in [0.717, 1.165) is 41.9 Å². The van der Waals surface area contributed by atoms with Crippen LogP contribution in [-0.2, 0) is 20.1 Å². The van der Waals surface area contributed by atoms with Gasteiger partial charge in [-0.3, -0.25) is 14.0 Å². The summed E-state index contributed by atoms with van der Waals surface area (Å²) < 4.78 is 5.19. The number of para-hydroxylation sites is 1. The van der Waals surface area contributed by atoms with E-state index in [4.69, 9.17) is 10.7 Å². The average molecular weight is 431 g/mol. The largest absolute Gasteiger partial charge is 0.341 e. The van der Waals surface area contributed by atoms with Crippen molar-refractivity contribution in [2.75, 3.05) is 18.0 Å². The lowest BCUT2D eigenvalue weighted by Gasteiger charge is -2.31. The Labute approximate surface area is 185 Å². The van der Waals surface area contributed by atoms with E-state index in [-0.39, 0.29) is 18.1 Å². The Kier molecular flexibility index (Phi) is 5.15. The minimum absolute atomic E-state index is 0.0986. The number of imidazole rings is 1. The van der Waals surface area contributed by atoms with Gasteiger partial charge in [0.1, 0.15) is 11.0 Å². The fraction of sp³-hybridized carbons (Fsp3) is 0.391. The molecular formula is C23H26N8O. The Morgan fingerprint density at radius 3 is 2.94 bits per heavy atom. The zero-order valence-corrected chi connectivity index (χ0v) is 18.3. The van der Waals surface area contributed by atoms with Crippen LogP contribution in [0, 0.1) is 11.8 Å². The number of nitrogens with zero attached hydrogens (tertiary/aromatic N) is 7. The van der Waals surface area contributed by atoms with Gasteiger partial charge in [-0.05, 0) is 25.8 Å². The lowest BCUT2D eigenvalue weighted by molar-refractivity contribution is 0.496. The van der Waals surface area contributed by atoms with Crippen molar-refractivity contribution in [2.45, 2.75) is 38.9 Å². The SMILES string of the molecule is CC#CCn1c(N2CCCC(N)C2)nc2cnn(Cc3nn(C)c4ccccc34)c(=O)c21. The fourth-order valence-electron chi connectivity index (χ4n) is 4.47. The monoisotopic (exact) mass is 430 g/mol. The van der Waals surface area contributed by atoms with Gasteiger partial charge in [-0.25, -0.2) is 9.67 Å².